The molecule has 0 saturated carbocycles. The van der Waals surface area contributed by atoms with Crippen molar-refractivity contribution in [2.75, 3.05) is 13.2 Å². The van der Waals surface area contributed by atoms with Crippen LogP contribution in [0.4, 0.5) is 0 Å². The molecule has 0 radical (unpaired) electrons. The van der Waals surface area contributed by atoms with Gasteiger partial charge in [0.05, 0.1) is 11.3 Å². The number of aromatic hydroxyl groups is 1. The zero-order valence-corrected chi connectivity index (χ0v) is 19.8. The first-order valence-corrected chi connectivity index (χ1v) is 12.4. The van der Waals surface area contributed by atoms with Crippen LogP contribution in [-0.2, 0) is 19.3 Å². The molecule has 3 aromatic carbocycles. The molecule has 1 unspecified atom stereocenters. The second-order valence-corrected chi connectivity index (χ2v) is 9.30. The number of aromatic nitrogens is 1. The normalized spacial score (nSPS) is 12.1. The smallest absolute Gasteiger partial charge is 0.305 e. The molecule has 1 heterocycles. The maximum Gasteiger partial charge on any atom is 0.305 e. The topological polar surface area (TPSA) is 94.6 Å². The number of aliphatic hydroxyl groups excluding tert-OH is 1. The lowest BCUT2D eigenvalue weighted by molar-refractivity contribution is 0.138. The number of fused-ring (bicyclic) bond motifs is 1. The Morgan fingerprint density at radius 3 is 2.50 bits per heavy atom. The fraction of sp³-hybridized carbons (Fsp3) is 0.296. The van der Waals surface area contributed by atoms with E-state index in [1.54, 1.807) is 12.1 Å². The number of phenols is 1. The number of rotatable bonds is 12. The third-order valence-corrected chi connectivity index (χ3v) is 6.70. The number of ether oxygens (including phenoxy) is 1. The number of thiazole rings is 1. The lowest BCUT2D eigenvalue weighted by Gasteiger charge is -2.14. The number of aromatic amines is 1. The first-order chi connectivity index (χ1) is 16.6. The van der Waals surface area contributed by atoms with Gasteiger partial charge < -0.3 is 19.9 Å². The van der Waals surface area contributed by atoms with Crippen LogP contribution in [0, 0.1) is 0 Å². The van der Waals surface area contributed by atoms with Gasteiger partial charge in [0.2, 0.25) is 0 Å². The number of aliphatic hydroxyl groups is 1. The van der Waals surface area contributed by atoms with Crippen molar-refractivity contribution in [1.82, 2.24) is 10.3 Å². The van der Waals surface area contributed by atoms with Crippen LogP contribution in [0.25, 0.3) is 10.2 Å². The van der Waals surface area contributed by atoms with Crippen LogP contribution in [0.3, 0.4) is 0 Å². The Morgan fingerprint density at radius 2 is 1.71 bits per heavy atom. The number of hydrogen-bond acceptors (Lipinski definition) is 6. The third kappa shape index (κ3) is 6.70. The predicted octanol–water partition coefficient (Wildman–Crippen LogP) is 4.39. The molecule has 0 bridgehead atoms. The number of hydrogen-bond donors (Lipinski definition) is 4. The zero-order valence-electron chi connectivity index (χ0n) is 19.0. The van der Waals surface area contributed by atoms with Gasteiger partial charge in [0.1, 0.15) is 23.2 Å². The predicted molar refractivity (Wildman–Crippen MR) is 137 cm³/mol. The number of unbranched alkanes of at least 4 members (excludes halogenated alkanes) is 1. The summed E-state index contributed by atoms with van der Waals surface area (Å²) in [5.74, 6) is 0.914. The maximum atomic E-state index is 11.6. The molecular weight excluding hydrogens is 448 g/mol. The van der Waals surface area contributed by atoms with E-state index in [1.807, 2.05) is 30.3 Å². The Bertz CT molecular complexity index is 1240. The second kappa shape index (κ2) is 11.8. The van der Waals surface area contributed by atoms with E-state index in [4.69, 9.17) is 4.74 Å². The van der Waals surface area contributed by atoms with Gasteiger partial charge in [-0.3, -0.25) is 10.1 Å². The molecule has 178 valence electrons. The third-order valence-electron chi connectivity index (χ3n) is 5.74. The minimum atomic E-state index is -0.747. The number of nitrogens with one attached hydrogen (secondary N) is 2. The van der Waals surface area contributed by atoms with Crippen LogP contribution >= 0.6 is 11.3 Å². The summed E-state index contributed by atoms with van der Waals surface area (Å²) in [4.78, 5) is 14.1. The largest absolute Gasteiger partial charge is 0.506 e. The van der Waals surface area contributed by atoms with Gasteiger partial charge in [0, 0.05) is 13.0 Å². The fourth-order valence-corrected chi connectivity index (χ4v) is 4.79. The molecule has 0 aliphatic carbocycles. The molecule has 4 aromatic rings. The number of phenolic OH excluding ortho intramolecular Hbond substituents is 1. The van der Waals surface area contributed by atoms with Crippen LogP contribution in [0.1, 0.15) is 29.5 Å². The average Bonchev–Trinajstić information content (AvgIpc) is 3.25. The molecule has 7 heteroatoms. The Hall–Kier alpha value is -3.13. The molecule has 0 aliphatic rings. The highest BCUT2D eigenvalue weighted by Gasteiger charge is 2.13. The van der Waals surface area contributed by atoms with Crippen molar-refractivity contribution < 1.29 is 14.9 Å². The van der Waals surface area contributed by atoms with Crippen LogP contribution in [-0.4, -0.2) is 34.6 Å². The van der Waals surface area contributed by atoms with Crippen LogP contribution in [0.15, 0.2) is 71.5 Å². The molecule has 0 amide bonds. The summed E-state index contributed by atoms with van der Waals surface area (Å²) >= 11 is 1.04. The Labute approximate surface area is 202 Å². The molecule has 1 aromatic heterocycles. The summed E-state index contributed by atoms with van der Waals surface area (Å²) in [7, 11) is 0. The average molecular weight is 479 g/mol. The maximum absolute atomic E-state index is 11.6. The highest BCUT2D eigenvalue weighted by Crippen LogP contribution is 2.28. The molecule has 0 fully saturated rings. The first kappa shape index (κ1) is 24.0. The summed E-state index contributed by atoms with van der Waals surface area (Å²) in [6.45, 7) is 1.33. The highest BCUT2D eigenvalue weighted by molar-refractivity contribution is 7.16. The van der Waals surface area contributed by atoms with Crippen molar-refractivity contribution in [2.45, 2.75) is 38.3 Å². The fourth-order valence-electron chi connectivity index (χ4n) is 3.92. The van der Waals surface area contributed by atoms with Crippen molar-refractivity contribution in [3.8, 4) is 11.5 Å². The van der Waals surface area contributed by atoms with Crippen molar-refractivity contribution in [3.63, 3.8) is 0 Å². The summed E-state index contributed by atoms with van der Waals surface area (Å²) in [6.07, 6.45) is 3.58. The van der Waals surface area contributed by atoms with E-state index in [0.29, 0.717) is 29.8 Å². The van der Waals surface area contributed by atoms with Gasteiger partial charge in [-0.05, 0) is 60.6 Å². The Morgan fingerprint density at radius 1 is 0.941 bits per heavy atom. The van der Waals surface area contributed by atoms with Gasteiger partial charge in [0.25, 0.3) is 0 Å². The monoisotopic (exact) mass is 478 g/mol. The van der Waals surface area contributed by atoms with Gasteiger partial charge >= 0.3 is 4.87 Å². The van der Waals surface area contributed by atoms with Crippen molar-refractivity contribution >= 4 is 21.6 Å². The molecule has 0 spiro atoms. The zero-order chi connectivity index (χ0) is 23.8. The van der Waals surface area contributed by atoms with Crippen LogP contribution in [0.5, 0.6) is 11.5 Å². The van der Waals surface area contributed by atoms with Gasteiger partial charge in [-0.2, -0.15) is 0 Å². The molecule has 6 nitrogen and oxygen atoms in total. The van der Waals surface area contributed by atoms with E-state index in [9.17, 15) is 15.0 Å². The first-order valence-electron chi connectivity index (χ1n) is 11.6. The summed E-state index contributed by atoms with van der Waals surface area (Å²) in [5.41, 5.74) is 3.77. The van der Waals surface area contributed by atoms with Gasteiger partial charge in [-0.1, -0.05) is 59.9 Å². The molecule has 34 heavy (non-hydrogen) atoms. The molecular formula is C27H30N2O4S. The van der Waals surface area contributed by atoms with Crippen molar-refractivity contribution in [2.24, 2.45) is 0 Å². The van der Waals surface area contributed by atoms with E-state index in [1.165, 1.54) is 5.56 Å². The lowest BCUT2D eigenvalue weighted by atomic mass is 10.1. The summed E-state index contributed by atoms with van der Waals surface area (Å²) in [5, 5.41) is 23.4. The lowest BCUT2D eigenvalue weighted by Crippen LogP contribution is -2.32. The number of H-pyrrole nitrogens is 1. The van der Waals surface area contributed by atoms with Crippen molar-refractivity contribution in [1.29, 1.82) is 0 Å². The minimum absolute atomic E-state index is 0.0409. The van der Waals surface area contributed by atoms with Gasteiger partial charge in [-0.25, -0.2) is 0 Å². The molecule has 0 aliphatic heterocycles. The standard InChI is InChI=1S/C27H30N2O4S/c30-23-14-11-21(26-25(23)29-27(32)34-26)18-24(31)28-16-15-20-9-12-22(13-10-20)33-17-5-4-8-19-6-2-1-3-7-19/h1-3,6-7,9-14,24,28,30-31H,4-5,8,15-18H2,(H,29,32). The SMILES string of the molecule is O=c1[nH]c2c(O)ccc(CC(O)NCCc3ccc(OCCCCc4ccccc4)cc3)c2s1. The van der Waals surface area contributed by atoms with Crippen LogP contribution < -0.4 is 14.9 Å². The highest BCUT2D eigenvalue weighted by atomic mass is 32.1. The van der Waals surface area contributed by atoms with E-state index < -0.39 is 6.23 Å². The summed E-state index contributed by atoms with van der Waals surface area (Å²) in [6, 6.07) is 21.9. The van der Waals surface area contributed by atoms with E-state index >= 15 is 0 Å². The van der Waals surface area contributed by atoms with E-state index in [2.05, 4.69) is 34.6 Å². The number of aryl methyl sites for hydroxylation is 1. The minimum Gasteiger partial charge on any atom is -0.506 e. The molecule has 4 rings (SSSR count). The van der Waals surface area contributed by atoms with Gasteiger partial charge in [0.15, 0.2) is 0 Å². The van der Waals surface area contributed by atoms with E-state index in [-0.39, 0.29) is 10.6 Å². The molecule has 1 atom stereocenters. The van der Waals surface area contributed by atoms with Crippen molar-refractivity contribution in [3.05, 3.63) is 93.1 Å². The summed E-state index contributed by atoms with van der Waals surface area (Å²) < 4.78 is 6.54. The molecule has 4 N–H and O–H groups in total. The van der Waals surface area contributed by atoms with Crippen LogP contribution in [0.2, 0.25) is 0 Å². The second-order valence-electron chi connectivity index (χ2n) is 8.32. The Kier molecular flexibility index (Phi) is 8.36. The number of benzene rings is 3. The quantitative estimate of drug-likeness (QED) is 0.179. The molecule has 0 saturated heterocycles. The van der Waals surface area contributed by atoms with Gasteiger partial charge in [-0.15, -0.1) is 0 Å². The Balaban J connectivity index is 1.16. The van der Waals surface area contributed by atoms with E-state index in [0.717, 1.165) is 53.9 Å².